The lowest BCUT2D eigenvalue weighted by atomic mass is 10.0. The predicted octanol–water partition coefficient (Wildman–Crippen LogP) is -1.56. The zero-order valence-electron chi connectivity index (χ0n) is 16.3. The Balaban J connectivity index is 2.08. The number of carbonyl (C=O) groups excluding carboxylic acids is 3. The second-order valence-electron chi connectivity index (χ2n) is 6.90. The van der Waals surface area contributed by atoms with Crippen LogP contribution < -0.4 is 22.1 Å². The van der Waals surface area contributed by atoms with Crippen molar-refractivity contribution < 1.29 is 34.2 Å². The van der Waals surface area contributed by atoms with E-state index < -0.39 is 60.6 Å². The SMILES string of the molecule is NC(=O)CC(NC(=O)C(N)Cc1c[nH]c2ccccc12)C(=O)NC(CC(=O)O)C(=O)O. The first kappa shape index (κ1) is 23.3. The minimum Gasteiger partial charge on any atom is -0.481 e. The van der Waals surface area contributed by atoms with Gasteiger partial charge in [0.1, 0.15) is 12.1 Å². The normalized spacial score (nSPS) is 13.7. The number of H-pyrrole nitrogens is 1. The number of amides is 3. The molecule has 0 aliphatic heterocycles. The predicted molar refractivity (Wildman–Crippen MR) is 108 cm³/mol. The number of rotatable bonds is 11. The third-order valence-corrected chi connectivity index (χ3v) is 4.48. The Labute approximate surface area is 176 Å². The van der Waals surface area contributed by atoms with Gasteiger partial charge in [-0.3, -0.25) is 19.2 Å². The molecule has 12 heteroatoms. The van der Waals surface area contributed by atoms with Gasteiger partial charge >= 0.3 is 11.9 Å². The first-order valence-electron chi connectivity index (χ1n) is 9.22. The summed E-state index contributed by atoms with van der Waals surface area (Å²) >= 11 is 0. The molecule has 12 nitrogen and oxygen atoms in total. The highest BCUT2D eigenvalue weighted by Crippen LogP contribution is 2.18. The van der Waals surface area contributed by atoms with E-state index in [0.717, 1.165) is 16.5 Å². The van der Waals surface area contributed by atoms with E-state index in [1.165, 1.54) is 0 Å². The van der Waals surface area contributed by atoms with Crippen molar-refractivity contribution in [1.29, 1.82) is 0 Å². The molecule has 3 unspecified atom stereocenters. The van der Waals surface area contributed by atoms with Crippen LogP contribution in [0.2, 0.25) is 0 Å². The second kappa shape index (κ2) is 10.2. The molecule has 9 N–H and O–H groups in total. The third kappa shape index (κ3) is 6.54. The lowest BCUT2D eigenvalue weighted by Gasteiger charge is -2.21. The van der Waals surface area contributed by atoms with E-state index in [4.69, 9.17) is 21.7 Å². The Morgan fingerprint density at radius 3 is 2.23 bits per heavy atom. The molecule has 0 aliphatic rings. The third-order valence-electron chi connectivity index (χ3n) is 4.48. The molecule has 0 fully saturated rings. The fourth-order valence-corrected chi connectivity index (χ4v) is 2.97. The van der Waals surface area contributed by atoms with Gasteiger partial charge in [0.05, 0.1) is 18.9 Å². The van der Waals surface area contributed by atoms with Crippen LogP contribution in [0.4, 0.5) is 0 Å². The van der Waals surface area contributed by atoms with Gasteiger partial charge in [0.25, 0.3) is 0 Å². The molecule has 3 atom stereocenters. The van der Waals surface area contributed by atoms with Gasteiger partial charge in [0, 0.05) is 17.1 Å². The molecule has 0 bridgehead atoms. The van der Waals surface area contributed by atoms with Gasteiger partial charge in [0.15, 0.2) is 0 Å². The van der Waals surface area contributed by atoms with Crippen molar-refractivity contribution in [3.8, 4) is 0 Å². The number of para-hydroxylation sites is 1. The molecule has 0 aliphatic carbocycles. The summed E-state index contributed by atoms with van der Waals surface area (Å²) < 4.78 is 0. The summed E-state index contributed by atoms with van der Waals surface area (Å²) in [6, 6.07) is 3.02. The number of aromatic amines is 1. The Hall–Kier alpha value is -3.93. The zero-order valence-corrected chi connectivity index (χ0v) is 16.3. The van der Waals surface area contributed by atoms with Crippen LogP contribution in [0.15, 0.2) is 30.5 Å². The molecular weight excluding hydrogens is 410 g/mol. The molecule has 0 saturated carbocycles. The molecule has 166 valence electrons. The quantitative estimate of drug-likeness (QED) is 0.219. The number of nitrogens with two attached hydrogens (primary N) is 2. The Bertz CT molecular complexity index is 1000. The number of hydrogen-bond acceptors (Lipinski definition) is 6. The highest BCUT2D eigenvalue weighted by molar-refractivity contribution is 5.95. The maximum atomic E-state index is 12.5. The maximum Gasteiger partial charge on any atom is 0.326 e. The minimum atomic E-state index is -1.75. The van der Waals surface area contributed by atoms with Gasteiger partial charge in [-0.05, 0) is 18.1 Å². The number of aromatic nitrogens is 1. The summed E-state index contributed by atoms with van der Waals surface area (Å²) in [5.74, 6) is -5.81. The molecule has 3 amide bonds. The van der Waals surface area contributed by atoms with E-state index in [9.17, 15) is 24.0 Å². The van der Waals surface area contributed by atoms with Crippen LogP contribution in [-0.4, -0.2) is 63.0 Å². The van der Waals surface area contributed by atoms with Crippen LogP contribution in [0.25, 0.3) is 10.9 Å². The number of carboxylic acid groups (broad SMARTS) is 2. The summed E-state index contributed by atoms with van der Waals surface area (Å²) in [5, 5.41) is 23.0. The topological polar surface area (TPSA) is 218 Å². The second-order valence-corrected chi connectivity index (χ2v) is 6.90. The lowest BCUT2D eigenvalue weighted by Crippen LogP contribution is -2.56. The fraction of sp³-hybridized carbons (Fsp3) is 0.316. The summed E-state index contributed by atoms with van der Waals surface area (Å²) in [5.41, 5.74) is 12.7. The van der Waals surface area contributed by atoms with Crippen molar-refractivity contribution >= 4 is 40.6 Å². The standard InChI is InChI=1S/C19H23N5O7/c20-11(5-9-8-22-12-4-2-1-3-10(9)12)17(28)23-13(6-15(21)25)18(29)24-14(19(30)31)7-16(26)27/h1-4,8,11,13-14,22H,5-7,20H2,(H2,21,25)(H,23,28)(H,24,29)(H,26,27)(H,30,31). The van der Waals surface area contributed by atoms with Gasteiger partial charge in [-0.15, -0.1) is 0 Å². The van der Waals surface area contributed by atoms with Gasteiger partial charge < -0.3 is 37.3 Å². The fourth-order valence-electron chi connectivity index (χ4n) is 2.97. The molecule has 1 heterocycles. The van der Waals surface area contributed by atoms with Crippen LogP contribution in [0.3, 0.4) is 0 Å². The van der Waals surface area contributed by atoms with Crippen LogP contribution in [0, 0.1) is 0 Å². The van der Waals surface area contributed by atoms with Gasteiger partial charge in [0.2, 0.25) is 17.7 Å². The number of primary amides is 1. The summed E-state index contributed by atoms with van der Waals surface area (Å²) in [7, 11) is 0. The van der Waals surface area contributed by atoms with Crippen LogP contribution >= 0.6 is 0 Å². The molecule has 0 spiro atoms. The summed E-state index contributed by atoms with van der Waals surface area (Å²) in [6.45, 7) is 0. The number of benzene rings is 1. The van der Waals surface area contributed by atoms with Crippen molar-refractivity contribution in [2.24, 2.45) is 11.5 Å². The van der Waals surface area contributed by atoms with E-state index in [2.05, 4.69) is 10.3 Å². The molecule has 31 heavy (non-hydrogen) atoms. The van der Waals surface area contributed by atoms with Crippen molar-refractivity contribution in [3.63, 3.8) is 0 Å². The highest BCUT2D eigenvalue weighted by Gasteiger charge is 2.30. The highest BCUT2D eigenvalue weighted by atomic mass is 16.4. The summed E-state index contributed by atoms with van der Waals surface area (Å²) in [6.07, 6.45) is 0.307. The van der Waals surface area contributed by atoms with Gasteiger partial charge in [-0.25, -0.2) is 4.79 Å². The van der Waals surface area contributed by atoms with Crippen LogP contribution in [0.1, 0.15) is 18.4 Å². The lowest BCUT2D eigenvalue weighted by molar-refractivity contribution is -0.147. The number of hydrogen-bond donors (Lipinski definition) is 7. The average Bonchev–Trinajstić information content (AvgIpc) is 3.09. The maximum absolute atomic E-state index is 12.5. The zero-order chi connectivity index (χ0) is 23.1. The number of fused-ring (bicyclic) bond motifs is 1. The molecule has 1 aromatic carbocycles. The molecule has 0 saturated heterocycles. The number of nitrogens with one attached hydrogen (secondary N) is 3. The number of carbonyl (C=O) groups is 5. The van der Waals surface area contributed by atoms with E-state index in [1.807, 2.05) is 29.6 Å². The van der Waals surface area contributed by atoms with E-state index in [1.54, 1.807) is 6.20 Å². The molecule has 2 aromatic rings. The van der Waals surface area contributed by atoms with Crippen molar-refractivity contribution in [2.45, 2.75) is 37.4 Å². The minimum absolute atomic E-state index is 0.123. The van der Waals surface area contributed by atoms with Gasteiger partial charge in [-0.1, -0.05) is 18.2 Å². The largest absolute Gasteiger partial charge is 0.481 e. The Kier molecular flexibility index (Phi) is 7.69. The Morgan fingerprint density at radius 2 is 1.61 bits per heavy atom. The van der Waals surface area contributed by atoms with Gasteiger partial charge in [-0.2, -0.15) is 0 Å². The average molecular weight is 433 g/mol. The Morgan fingerprint density at radius 1 is 0.968 bits per heavy atom. The number of carboxylic acids is 2. The van der Waals surface area contributed by atoms with Crippen molar-refractivity contribution in [2.75, 3.05) is 0 Å². The van der Waals surface area contributed by atoms with Crippen molar-refractivity contribution in [1.82, 2.24) is 15.6 Å². The monoisotopic (exact) mass is 433 g/mol. The molecule has 0 radical (unpaired) electrons. The van der Waals surface area contributed by atoms with E-state index >= 15 is 0 Å². The molecule has 2 rings (SSSR count). The smallest absolute Gasteiger partial charge is 0.326 e. The van der Waals surface area contributed by atoms with E-state index in [-0.39, 0.29) is 6.42 Å². The molecule has 1 aromatic heterocycles. The first-order valence-corrected chi connectivity index (χ1v) is 9.22. The first-order chi connectivity index (χ1) is 14.6. The number of aliphatic carboxylic acids is 2. The summed E-state index contributed by atoms with van der Waals surface area (Å²) in [4.78, 5) is 61.2. The van der Waals surface area contributed by atoms with Crippen LogP contribution in [0.5, 0.6) is 0 Å². The van der Waals surface area contributed by atoms with Crippen LogP contribution in [-0.2, 0) is 30.4 Å². The van der Waals surface area contributed by atoms with E-state index in [0.29, 0.717) is 0 Å². The van der Waals surface area contributed by atoms with Crippen molar-refractivity contribution in [3.05, 3.63) is 36.0 Å². The molecular formula is C19H23N5O7.